The van der Waals surface area contributed by atoms with E-state index in [1.807, 2.05) is 18.2 Å². The summed E-state index contributed by atoms with van der Waals surface area (Å²) in [6, 6.07) is 5.74. The summed E-state index contributed by atoms with van der Waals surface area (Å²) >= 11 is 3.36. The van der Waals surface area contributed by atoms with Gasteiger partial charge in [-0.25, -0.2) is 0 Å². The van der Waals surface area contributed by atoms with Gasteiger partial charge in [0.15, 0.2) is 0 Å². The molecule has 0 aliphatic rings. The van der Waals surface area contributed by atoms with Crippen LogP contribution in [0.25, 0.3) is 0 Å². The molecule has 16 heavy (non-hydrogen) atoms. The summed E-state index contributed by atoms with van der Waals surface area (Å²) in [7, 11) is -0.785. The fourth-order valence-electron chi connectivity index (χ4n) is 1.46. The van der Waals surface area contributed by atoms with Crippen LogP contribution in [0.15, 0.2) is 22.7 Å². The van der Waals surface area contributed by atoms with Crippen molar-refractivity contribution in [3.8, 4) is 0 Å². The lowest BCUT2D eigenvalue weighted by Gasteiger charge is -2.06. The number of anilines is 1. The van der Waals surface area contributed by atoms with Gasteiger partial charge in [0.05, 0.1) is 5.75 Å². The Balaban J connectivity index is 2.49. The Labute approximate surface area is 108 Å². The molecule has 2 N–H and O–H groups in total. The summed E-state index contributed by atoms with van der Waals surface area (Å²) in [5.74, 6) is 1.35. The van der Waals surface area contributed by atoms with Gasteiger partial charge >= 0.3 is 0 Å². The normalized spacial score (nSPS) is 12.6. The minimum Gasteiger partial charge on any atom is -0.398 e. The molecule has 0 bridgehead atoms. The second-order valence-electron chi connectivity index (χ2n) is 3.84. The van der Waals surface area contributed by atoms with Crippen LogP contribution >= 0.6 is 15.9 Å². The van der Waals surface area contributed by atoms with Crippen LogP contribution in [0.4, 0.5) is 5.69 Å². The summed E-state index contributed by atoms with van der Waals surface area (Å²) in [6.45, 7) is 2.15. The van der Waals surface area contributed by atoms with Crippen LogP contribution < -0.4 is 5.73 Å². The van der Waals surface area contributed by atoms with Crippen LogP contribution in [0.2, 0.25) is 0 Å². The number of rotatable bonds is 6. The van der Waals surface area contributed by atoms with Crippen molar-refractivity contribution >= 4 is 32.4 Å². The second kappa shape index (κ2) is 7.07. The van der Waals surface area contributed by atoms with E-state index in [0.29, 0.717) is 5.75 Å². The maximum atomic E-state index is 11.8. The van der Waals surface area contributed by atoms with Crippen LogP contribution in [-0.4, -0.2) is 9.96 Å². The van der Waals surface area contributed by atoms with Gasteiger partial charge in [-0.3, -0.25) is 4.21 Å². The summed E-state index contributed by atoms with van der Waals surface area (Å²) < 4.78 is 12.7. The van der Waals surface area contributed by atoms with Gasteiger partial charge in [-0.2, -0.15) is 0 Å². The lowest BCUT2D eigenvalue weighted by molar-refractivity contribution is 0.676. The average molecular weight is 304 g/mol. The van der Waals surface area contributed by atoms with Crippen molar-refractivity contribution in [2.75, 3.05) is 11.5 Å². The first-order chi connectivity index (χ1) is 7.63. The van der Waals surface area contributed by atoms with E-state index in [1.54, 1.807) is 0 Å². The Morgan fingerprint density at radius 1 is 1.38 bits per heavy atom. The van der Waals surface area contributed by atoms with Crippen molar-refractivity contribution in [2.45, 2.75) is 31.9 Å². The first-order valence-corrected chi connectivity index (χ1v) is 7.80. The van der Waals surface area contributed by atoms with Gasteiger partial charge in [-0.15, -0.1) is 0 Å². The molecule has 1 rings (SSSR count). The Bertz CT molecular complexity index is 368. The summed E-state index contributed by atoms with van der Waals surface area (Å²) in [6.07, 6.45) is 3.36. The Kier molecular flexibility index (Phi) is 6.06. The first kappa shape index (κ1) is 13.7. The van der Waals surface area contributed by atoms with E-state index in [1.165, 1.54) is 0 Å². The van der Waals surface area contributed by atoms with Crippen LogP contribution in [0, 0.1) is 0 Å². The molecule has 0 radical (unpaired) electrons. The first-order valence-electron chi connectivity index (χ1n) is 5.52. The predicted octanol–water partition coefficient (Wildman–Crippen LogP) is 3.47. The lowest BCUT2D eigenvalue weighted by atomic mass is 10.2. The van der Waals surface area contributed by atoms with Crippen molar-refractivity contribution < 1.29 is 4.21 Å². The minimum atomic E-state index is -0.785. The lowest BCUT2D eigenvalue weighted by Crippen LogP contribution is -2.03. The molecule has 1 aromatic rings. The molecule has 0 aromatic heterocycles. The molecule has 0 fully saturated rings. The number of nitrogen functional groups attached to an aromatic ring is 1. The zero-order chi connectivity index (χ0) is 12.0. The molecule has 0 aliphatic heterocycles. The fraction of sp³-hybridized carbons (Fsp3) is 0.500. The number of hydrogen-bond acceptors (Lipinski definition) is 2. The summed E-state index contributed by atoms with van der Waals surface area (Å²) in [4.78, 5) is 0. The largest absolute Gasteiger partial charge is 0.398 e. The molecular weight excluding hydrogens is 286 g/mol. The van der Waals surface area contributed by atoms with Crippen molar-refractivity contribution in [1.29, 1.82) is 0 Å². The Morgan fingerprint density at radius 2 is 2.12 bits per heavy atom. The predicted molar refractivity (Wildman–Crippen MR) is 74.8 cm³/mol. The molecule has 4 heteroatoms. The number of nitrogens with two attached hydrogens (primary N) is 1. The van der Waals surface area contributed by atoms with Gasteiger partial charge in [-0.1, -0.05) is 41.8 Å². The number of unbranched alkanes of at least 4 members (excludes halogenated alkanes) is 2. The third kappa shape index (κ3) is 4.66. The second-order valence-corrected chi connectivity index (χ2v) is 6.33. The maximum Gasteiger partial charge on any atom is 0.0505 e. The van der Waals surface area contributed by atoms with E-state index in [-0.39, 0.29) is 0 Å². The van der Waals surface area contributed by atoms with E-state index in [4.69, 9.17) is 5.73 Å². The van der Waals surface area contributed by atoms with Crippen LogP contribution in [-0.2, 0) is 16.6 Å². The standard InChI is InChI=1S/C12H18BrNOS/c1-2-3-4-7-16(15)9-10-5-6-11(13)8-12(10)14/h5-6,8H,2-4,7,9,14H2,1H3. The molecule has 0 heterocycles. The smallest absolute Gasteiger partial charge is 0.0505 e. The summed E-state index contributed by atoms with van der Waals surface area (Å²) in [5, 5.41) is 0. The molecule has 0 amide bonds. The Morgan fingerprint density at radius 3 is 2.75 bits per heavy atom. The van der Waals surface area contributed by atoms with Gasteiger partial charge in [0.1, 0.15) is 0 Å². The fourth-order valence-corrected chi connectivity index (χ4v) is 3.11. The van der Waals surface area contributed by atoms with Gasteiger partial charge in [0.2, 0.25) is 0 Å². The highest BCUT2D eigenvalue weighted by atomic mass is 79.9. The SMILES string of the molecule is CCCCCS(=O)Cc1ccc(Br)cc1N. The molecule has 1 atom stereocenters. The molecule has 0 saturated heterocycles. The third-order valence-corrected chi connectivity index (χ3v) is 4.27. The topological polar surface area (TPSA) is 43.1 Å². The highest BCUT2D eigenvalue weighted by Gasteiger charge is 2.05. The van der Waals surface area contributed by atoms with E-state index >= 15 is 0 Å². The van der Waals surface area contributed by atoms with E-state index in [2.05, 4.69) is 22.9 Å². The quantitative estimate of drug-likeness (QED) is 0.646. The van der Waals surface area contributed by atoms with Gasteiger partial charge in [-0.05, 0) is 24.1 Å². The zero-order valence-electron chi connectivity index (χ0n) is 9.54. The third-order valence-electron chi connectivity index (χ3n) is 2.40. The number of halogens is 1. The van der Waals surface area contributed by atoms with Crippen molar-refractivity contribution in [3.63, 3.8) is 0 Å². The van der Waals surface area contributed by atoms with Gasteiger partial charge < -0.3 is 5.73 Å². The molecule has 1 unspecified atom stereocenters. The zero-order valence-corrected chi connectivity index (χ0v) is 11.9. The molecular formula is C12H18BrNOS. The van der Waals surface area contributed by atoms with Gasteiger partial charge in [0.25, 0.3) is 0 Å². The van der Waals surface area contributed by atoms with Crippen LogP contribution in [0.1, 0.15) is 31.7 Å². The maximum absolute atomic E-state index is 11.8. The van der Waals surface area contributed by atoms with E-state index in [9.17, 15) is 4.21 Å². The monoisotopic (exact) mass is 303 g/mol. The van der Waals surface area contributed by atoms with Gasteiger partial charge in [0, 0.05) is 26.7 Å². The molecule has 0 spiro atoms. The molecule has 0 aliphatic carbocycles. The Hall–Kier alpha value is -0.350. The molecule has 1 aromatic carbocycles. The summed E-state index contributed by atoms with van der Waals surface area (Å²) in [5.41, 5.74) is 7.56. The van der Waals surface area contributed by atoms with E-state index < -0.39 is 10.8 Å². The highest BCUT2D eigenvalue weighted by Crippen LogP contribution is 2.20. The minimum absolute atomic E-state index is 0.572. The number of benzene rings is 1. The van der Waals surface area contributed by atoms with Crippen molar-refractivity contribution in [2.24, 2.45) is 0 Å². The van der Waals surface area contributed by atoms with Crippen LogP contribution in [0.3, 0.4) is 0 Å². The van der Waals surface area contributed by atoms with E-state index in [0.717, 1.165) is 40.7 Å². The van der Waals surface area contributed by atoms with Crippen molar-refractivity contribution in [3.05, 3.63) is 28.2 Å². The average Bonchev–Trinajstić information content (AvgIpc) is 2.23. The molecule has 2 nitrogen and oxygen atoms in total. The highest BCUT2D eigenvalue weighted by molar-refractivity contribution is 9.10. The van der Waals surface area contributed by atoms with Crippen LogP contribution in [0.5, 0.6) is 0 Å². The molecule has 0 saturated carbocycles. The molecule has 90 valence electrons. The van der Waals surface area contributed by atoms with Crippen molar-refractivity contribution in [1.82, 2.24) is 0 Å². The number of hydrogen-bond donors (Lipinski definition) is 1.